The molecule has 0 radical (unpaired) electrons. The van der Waals surface area contributed by atoms with Crippen LogP contribution in [-0.2, 0) is 4.74 Å². The van der Waals surface area contributed by atoms with Gasteiger partial charge in [0.2, 0.25) is 0 Å². The van der Waals surface area contributed by atoms with Crippen molar-refractivity contribution >= 4 is 0 Å². The van der Waals surface area contributed by atoms with Gasteiger partial charge in [-0.25, -0.2) is 0 Å². The first-order valence-corrected chi connectivity index (χ1v) is 11.4. The zero-order valence-electron chi connectivity index (χ0n) is 16.7. The van der Waals surface area contributed by atoms with Crippen molar-refractivity contribution in [1.29, 1.82) is 0 Å². The second kappa shape index (κ2) is 12.3. The number of ether oxygens (including phenoxy) is 1. The SMILES string of the molecule is CCCCCC1CCC(COC2CCC(CCCCC)CC2)CC1. The van der Waals surface area contributed by atoms with Crippen LogP contribution in [0.1, 0.15) is 117 Å². The van der Waals surface area contributed by atoms with Crippen molar-refractivity contribution in [2.24, 2.45) is 17.8 Å². The van der Waals surface area contributed by atoms with Gasteiger partial charge in [-0.1, -0.05) is 78.1 Å². The van der Waals surface area contributed by atoms with Crippen LogP contribution in [0.4, 0.5) is 0 Å². The van der Waals surface area contributed by atoms with Crippen LogP contribution in [0.2, 0.25) is 0 Å². The largest absolute Gasteiger partial charge is 0.378 e. The zero-order valence-corrected chi connectivity index (χ0v) is 16.7. The summed E-state index contributed by atoms with van der Waals surface area (Å²) in [5.41, 5.74) is 0. The van der Waals surface area contributed by atoms with Gasteiger partial charge in [-0.2, -0.15) is 0 Å². The van der Waals surface area contributed by atoms with E-state index in [0.717, 1.165) is 24.4 Å². The Morgan fingerprint density at radius 1 is 0.583 bits per heavy atom. The number of hydrogen-bond acceptors (Lipinski definition) is 1. The van der Waals surface area contributed by atoms with Crippen molar-refractivity contribution in [2.75, 3.05) is 6.61 Å². The highest BCUT2D eigenvalue weighted by atomic mass is 16.5. The number of unbranched alkanes of at least 4 members (excludes halogenated alkanes) is 4. The fourth-order valence-electron chi connectivity index (χ4n) is 4.91. The Labute approximate surface area is 152 Å². The number of rotatable bonds is 11. The molecule has 2 aliphatic rings. The minimum absolute atomic E-state index is 0.592. The van der Waals surface area contributed by atoms with Crippen molar-refractivity contribution in [1.82, 2.24) is 0 Å². The normalized spacial score (nSPS) is 31.2. The molecule has 0 aliphatic heterocycles. The van der Waals surface area contributed by atoms with Crippen LogP contribution in [0.15, 0.2) is 0 Å². The van der Waals surface area contributed by atoms with E-state index < -0.39 is 0 Å². The lowest BCUT2D eigenvalue weighted by molar-refractivity contribution is -0.0104. The summed E-state index contributed by atoms with van der Waals surface area (Å²) in [6.45, 7) is 5.68. The van der Waals surface area contributed by atoms with Gasteiger partial charge in [0.05, 0.1) is 6.10 Å². The topological polar surface area (TPSA) is 9.23 Å². The molecular formula is C23H44O. The minimum Gasteiger partial charge on any atom is -0.378 e. The summed E-state index contributed by atoms with van der Waals surface area (Å²) < 4.78 is 6.33. The maximum absolute atomic E-state index is 6.33. The molecule has 0 heterocycles. The van der Waals surface area contributed by atoms with Gasteiger partial charge in [-0.15, -0.1) is 0 Å². The zero-order chi connectivity index (χ0) is 17.0. The summed E-state index contributed by atoms with van der Waals surface area (Å²) in [4.78, 5) is 0. The molecule has 0 N–H and O–H groups in total. The summed E-state index contributed by atoms with van der Waals surface area (Å²) in [5.74, 6) is 2.91. The van der Waals surface area contributed by atoms with Crippen LogP contribution in [0, 0.1) is 17.8 Å². The Kier molecular flexibility index (Phi) is 10.4. The van der Waals surface area contributed by atoms with E-state index in [1.54, 1.807) is 0 Å². The minimum atomic E-state index is 0.592. The van der Waals surface area contributed by atoms with Gasteiger partial charge in [0.15, 0.2) is 0 Å². The van der Waals surface area contributed by atoms with E-state index in [2.05, 4.69) is 13.8 Å². The number of hydrogen-bond donors (Lipinski definition) is 0. The molecule has 2 aliphatic carbocycles. The van der Waals surface area contributed by atoms with E-state index in [4.69, 9.17) is 4.74 Å². The van der Waals surface area contributed by atoms with E-state index in [9.17, 15) is 0 Å². The van der Waals surface area contributed by atoms with Gasteiger partial charge < -0.3 is 4.74 Å². The quantitative estimate of drug-likeness (QED) is 0.354. The van der Waals surface area contributed by atoms with Crippen molar-refractivity contribution in [3.8, 4) is 0 Å². The average Bonchev–Trinajstić information content (AvgIpc) is 2.63. The third-order valence-corrected chi connectivity index (χ3v) is 6.76. The van der Waals surface area contributed by atoms with Crippen LogP contribution < -0.4 is 0 Å². The molecule has 0 aromatic rings. The summed E-state index contributed by atoms with van der Waals surface area (Å²) in [5, 5.41) is 0. The summed E-state index contributed by atoms with van der Waals surface area (Å²) in [7, 11) is 0. The van der Waals surface area contributed by atoms with Crippen LogP contribution in [0.5, 0.6) is 0 Å². The Bertz CT molecular complexity index is 254. The monoisotopic (exact) mass is 336 g/mol. The van der Waals surface area contributed by atoms with E-state index >= 15 is 0 Å². The van der Waals surface area contributed by atoms with Crippen LogP contribution in [0.25, 0.3) is 0 Å². The molecule has 2 rings (SSSR count). The smallest absolute Gasteiger partial charge is 0.0575 e. The van der Waals surface area contributed by atoms with Gasteiger partial charge >= 0.3 is 0 Å². The highest BCUT2D eigenvalue weighted by Crippen LogP contribution is 2.34. The summed E-state index contributed by atoms with van der Waals surface area (Å²) in [6.07, 6.45) is 23.4. The molecule has 0 atom stereocenters. The highest BCUT2D eigenvalue weighted by molar-refractivity contribution is 4.76. The molecule has 0 saturated heterocycles. The van der Waals surface area contributed by atoms with E-state index in [0.29, 0.717) is 6.10 Å². The van der Waals surface area contributed by atoms with Gasteiger partial charge in [0, 0.05) is 6.61 Å². The maximum atomic E-state index is 6.33. The van der Waals surface area contributed by atoms with Crippen molar-refractivity contribution in [3.05, 3.63) is 0 Å². The first kappa shape index (κ1) is 20.3. The second-order valence-corrected chi connectivity index (χ2v) is 8.85. The maximum Gasteiger partial charge on any atom is 0.0575 e. The van der Waals surface area contributed by atoms with Gasteiger partial charge in [0.1, 0.15) is 0 Å². The highest BCUT2D eigenvalue weighted by Gasteiger charge is 2.24. The van der Waals surface area contributed by atoms with Crippen LogP contribution >= 0.6 is 0 Å². The lowest BCUT2D eigenvalue weighted by atomic mass is 9.80. The van der Waals surface area contributed by atoms with Crippen molar-refractivity contribution in [2.45, 2.75) is 123 Å². The lowest BCUT2D eigenvalue weighted by Crippen LogP contribution is -2.26. The molecule has 0 aromatic heterocycles. The molecule has 1 nitrogen and oxygen atoms in total. The predicted molar refractivity (Wildman–Crippen MR) is 105 cm³/mol. The second-order valence-electron chi connectivity index (χ2n) is 8.85. The first-order valence-electron chi connectivity index (χ1n) is 11.4. The first-order chi connectivity index (χ1) is 11.8. The molecule has 142 valence electrons. The van der Waals surface area contributed by atoms with Crippen molar-refractivity contribution in [3.63, 3.8) is 0 Å². The van der Waals surface area contributed by atoms with Gasteiger partial charge in [-0.05, 0) is 56.3 Å². The third-order valence-electron chi connectivity index (χ3n) is 6.76. The predicted octanol–water partition coefficient (Wildman–Crippen LogP) is 7.53. The van der Waals surface area contributed by atoms with Gasteiger partial charge in [-0.3, -0.25) is 0 Å². The molecule has 0 unspecified atom stereocenters. The molecule has 0 bridgehead atoms. The Balaban J connectivity index is 1.49. The average molecular weight is 337 g/mol. The van der Waals surface area contributed by atoms with Crippen LogP contribution in [-0.4, -0.2) is 12.7 Å². The van der Waals surface area contributed by atoms with Gasteiger partial charge in [0.25, 0.3) is 0 Å². The molecular weight excluding hydrogens is 292 g/mol. The Hall–Kier alpha value is -0.0400. The van der Waals surface area contributed by atoms with E-state index in [-0.39, 0.29) is 0 Å². The molecule has 0 spiro atoms. The van der Waals surface area contributed by atoms with Crippen molar-refractivity contribution < 1.29 is 4.74 Å². The molecule has 2 fully saturated rings. The fraction of sp³-hybridized carbons (Fsp3) is 1.00. The molecule has 0 aromatic carbocycles. The fourth-order valence-corrected chi connectivity index (χ4v) is 4.91. The summed E-state index contributed by atoms with van der Waals surface area (Å²) >= 11 is 0. The standard InChI is InChI=1S/C23H44O/c1-3-5-7-9-20-11-13-22(14-12-20)19-24-23-17-15-21(16-18-23)10-8-6-4-2/h20-23H,3-19H2,1-2H3. The Morgan fingerprint density at radius 2 is 1.04 bits per heavy atom. The molecule has 24 heavy (non-hydrogen) atoms. The third kappa shape index (κ3) is 7.89. The molecule has 0 amide bonds. The van der Waals surface area contributed by atoms with Crippen LogP contribution in [0.3, 0.4) is 0 Å². The molecule has 1 heteroatoms. The van der Waals surface area contributed by atoms with E-state index in [1.165, 1.54) is 103 Å². The summed E-state index contributed by atoms with van der Waals surface area (Å²) in [6, 6.07) is 0. The molecule has 2 saturated carbocycles. The van der Waals surface area contributed by atoms with E-state index in [1.807, 2.05) is 0 Å². The Morgan fingerprint density at radius 3 is 1.54 bits per heavy atom. The lowest BCUT2D eigenvalue weighted by Gasteiger charge is -2.32.